The van der Waals surface area contributed by atoms with Gasteiger partial charge in [-0.2, -0.15) is 0 Å². The van der Waals surface area contributed by atoms with Crippen LogP contribution in [0.2, 0.25) is 5.02 Å². The van der Waals surface area contributed by atoms with Crippen molar-refractivity contribution >= 4 is 40.7 Å². The Labute approximate surface area is 252 Å². The number of carbonyl (C=O) groups is 1. The number of piperazine rings is 1. The van der Waals surface area contributed by atoms with E-state index in [4.69, 9.17) is 16.3 Å². The lowest BCUT2D eigenvalue weighted by Crippen LogP contribution is -2.47. The summed E-state index contributed by atoms with van der Waals surface area (Å²) in [5.41, 5.74) is 6.59. The fraction of sp³-hybridized carbons (Fsp3) is 0.353. The molecule has 1 fully saturated rings. The van der Waals surface area contributed by atoms with Crippen LogP contribution >= 0.6 is 11.6 Å². The van der Waals surface area contributed by atoms with Crippen LogP contribution in [0.4, 0.5) is 11.5 Å². The number of carboxylic acid groups (broad SMARTS) is 1. The van der Waals surface area contributed by atoms with Crippen LogP contribution in [0.5, 0.6) is 11.5 Å². The summed E-state index contributed by atoms with van der Waals surface area (Å²) in [6, 6.07) is 15.5. The van der Waals surface area contributed by atoms with Crippen molar-refractivity contribution < 1.29 is 14.6 Å². The van der Waals surface area contributed by atoms with Gasteiger partial charge in [-0.05, 0) is 66.1 Å². The van der Waals surface area contributed by atoms with E-state index in [1.165, 1.54) is 23.1 Å². The number of halogens is 1. The fourth-order valence-corrected chi connectivity index (χ4v) is 6.25. The topological polar surface area (TPSA) is 77.9 Å². The molecule has 0 saturated carbocycles. The minimum atomic E-state index is -1.02. The minimum absolute atomic E-state index is 0.130. The molecule has 3 aromatic rings. The Bertz CT molecular complexity index is 1540. The van der Waals surface area contributed by atoms with Crippen molar-refractivity contribution in [2.45, 2.75) is 33.1 Å². The maximum absolute atomic E-state index is 12.0. The van der Waals surface area contributed by atoms with Gasteiger partial charge in [-0.1, -0.05) is 55.3 Å². The van der Waals surface area contributed by atoms with Crippen molar-refractivity contribution in [2.24, 2.45) is 5.41 Å². The molecule has 7 nitrogen and oxygen atoms in total. The third-order valence-corrected chi connectivity index (χ3v) is 8.78. The molecule has 218 valence electrons. The van der Waals surface area contributed by atoms with Gasteiger partial charge in [0.15, 0.2) is 0 Å². The molecule has 0 spiro atoms. The molecule has 0 amide bonds. The largest absolute Gasteiger partial charge is 0.478 e. The molecule has 3 aliphatic rings. The van der Waals surface area contributed by atoms with Crippen LogP contribution in [-0.4, -0.2) is 60.2 Å². The Morgan fingerprint density at radius 2 is 1.88 bits per heavy atom. The molecule has 1 aromatic heterocycles. The van der Waals surface area contributed by atoms with E-state index in [0.29, 0.717) is 16.9 Å². The van der Waals surface area contributed by atoms with Gasteiger partial charge in [-0.3, -0.25) is 4.90 Å². The van der Waals surface area contributed by atoms with E-state index in [2.05, 4.69) is 46.1 Å². The first-order chi connectivity index (χ1) is 20.2. The van der Waals surface area contributed by atoms with Crippen molar-refractivity contribution in [3.8, 4) is 11.5 Å². The first kappa shape index (κ1) is 28.3. The highest BCUT2D eigenvalue weighted by atomic mass is 35.5. The highest BCUT2D eigenvalue weighted by molar-refractivity contribution is 6.30. The highest BCUT2D eigenvalue weighted by Gasteiger charge is 2.29. The Morgan fingerprint density at radius 3 is 2.64 bits per heavy atom. The van der Waals surface area contributed by atoms with Gasteiger partial charge < -0.3 is 20.1 Å². The Morgan fingerprint density at radius 1 is 1.10 bits per heavy atom. The molecule has 8 heteroatoms. The van der Waals surface area contributed by atoms with E-state index in [-0.39, 0.29) is 5.56 Å². The lowest BCUT2D eigenvalue weighted by Gasteiger charge is -2.39. The van der Waals surface area contributed by atoms with Gasteiger partial charge >= 0.3 is 5.97 Å². The number of benzene rings is 2. The minimum Gasteiger partial charge on any atom is -0.478 e. The van der Waals surface area contributed by atoms with Gasteiger partial charge in [-0.25, -0.2) is 9.78 Å². The van der Waals surface area contributed by atoms with E-state index < -0.39 is 5.97 Å². The maximum atomic E-state index is 12.0. The summed E-state index contributed by atoms with van der Waals surface area (Å²) in [4.78, 5) is 21.3. The summed E-state index contributed by atoms with van der Waals surface area (Å²) >= 11 is 6.19. The van der Waals surface area contributed by atoms with Gasteiger partial charge in [0, 0.05) is 61.6 Å². The van der Waals surface area contributed by atoms with Crippen molar-refractivity contribution in [1.82, 2.24) is 9.88 Å². The summed E-state index contributed by atoms with van der Waals surface area (Å²) in [6.45, 7) is 10.0. The van der Waals surface area contributed by atoms with Crippen molar-refractivity contribution in [3.63, 3.8) is 0 Å². The van der Waals surface area contributed by atoms with Crippen molar-refractivity contribution in [2.75, 3.05) is 49.5 Å². The molecule has 0 radical (unpaired) electrons. The lowest BCUT2D eigenvalue weighted by atomic mass is 9.72. The summed E-state index contributed by atoms with van der Waals surface area (Å²) in [6.07, 6.45) is 9.02. The summed E-state index contributed by atoms with van der Waals surface area (Å²) in [7, 11) is 0. The number of nitrogens with one attached hydrogen (secondary N) is 1. The van der Waals surface area contributed by atoms with Crippen LogP contribution in [0, 0.1) is 5.41 Å². The molecule has 0 atom stereocenters. The number of carboxylic acids is 1. The molecule has 1 aliphatic carbocycles. The summed E-state index contributed by atoms with van der Waals surface area (Å²) < 4.78 is 6.11. The van der Waals surface area contributed by atoms with E-state index in [0.717, 1.165) is 74.2 Å². The number of rotatable bonds is 7. The maximum Gasteiger partial charge on any atom is 0.339 e. The first-order valence-electron chi connectivity index (χ1n) is 14.6. The van der Waals surface area contributed by atoms with Crippen LogP contribution in [0.1, 0.15) is 54.6 Å². The Balaban J connectivity index is 1.16. The van der Waals surface area contributed by atoms with Crippen LogP contribution in [-0.2, 0) is 0 Å². The second-order valence-electron chi connectivity index (χ2n) is 12.2. The average Bonchev–Trinajstić information content (AvgIpc) is 2.98. The normalized spacial score (nSPS) is 18.4. The second-order valence-corrected chi connectivity index (χ2v) is 12.6. The third kappa shape index (κ3) is 6.32. The lowest BCUT2D eigenvalue weighted by molar-refractivity contribution is 0.0694. The molecule has 0 bridgehead atoms. The van der Waals surface area contributed by atoms with Gasteiger partial charge in [0.05, 0.1) is 6.20 Å². The standard InChI is InChI=1S/C34H37ClN4O3/c1-34(2)12-11-25(30(20-34)23-5-7-26(35)8-6-23)22-38-14-16-39(17-15-38)27-9-10-29(33(40)41)31(19-27)42-28-18-24-4-3-13-36-32(24)37-21-28/h3-10,18-19,21H,11-17,20,22H2,1-2H3,(H,36,37)(H,40,41). The van der Waals surface area contributed by atoms with E-state index in [1.54, 1.807) is 12.3 Å². The number of anilines is 2. The number of hydrogen-bond acceptors (Lipinski definition) is 6. The number of pyridine rings is 1. The zero-order valence-corrected chi connectivity index (χ0v) is 25.0. The molecule has 2 N–H and O–H groups in total. The summed E-state index contributed by atoms with van der Waals surface area (Å²) in [5, 5.41) is 13.8. The van der Waals surface area contributed by atoms with Crippen molar-refractivity contribution in [1.29, 1.82) is 0 Å². The molecule has 3 heterocycles. The predicted octanol–water partition coefficient (Wildman–Crippen LogP) is 7.45. The number of ether oxygens (including phenoxy) is 1. The second kappa shape index (κ2) is 11.8. The molecular weight excluding hydrogens is 548 g/mol. The molecule has 42 heavy (non-hydrogen) atoms. The number of aromatic nitrogens is 1. The number of aromatic carboxylic acids is 1. The van der Waals surface area contributed by atoms with Crippen LogP contribution in [0.25, 0.3) is 11.6 Å². The molecule has 6 rings (SSSR count). The Kier molecular flexibility index (Phi) is 7.97. The van der Waals surface area contributed by atoms with Crippen LogP contribution in [0.15, 0.2) is 66.4 Å². The van der Waals surface area contributed by atoms with E-state index in [9.17, 15) is 9.90 Å². The molecule has 0 unspecified atom stereocenters. The molecular formula is C34H37ClN4O3. The summed E-state index contributed by atoms with van der Waals surface area (Å²) in [5.74, 6) is 0.601. The zero-order chi connectivity index (χ0) is 29.3. The average molecular weight is 585 g/mol. The molecule has 2 aromatic carbocycles. The zero-order valence-electron chi connectivity index (χ0n) is 24.2. The first-order valence-corrected chi connectivity index (χ1v) is 15.0. The SMILES string of the molecule is CC1(C)CCC(CN2CCN(c3ccc(C(=O)O)c(Oc4cnc5c(c4)C=CCN5)c3)CC2)=C(c2ccc(Cl)cc2)C1. The quantitative estimate of drug-likeness (QED) is 0.298. The fourth-order valence-electron chi connectivity index (χ4n) is 6.13. The Hall–Kier alpha value is -3.81. The van der Waals surface area contributed by atoms with Crippen LogP contribution < -0.4 is 15.0 Å². The number of hydrogen-bond donors (Lipinski definition) is 2. The highest BCUT2D eigenvalue weighted by Crippen LogP contribution is 2.43. The third-order valence-electron chi connectivity index (χ3n) is 8.53. The molecule has 1 saturated heterocycles. The van der Waals surface area contributed by atoms with Crippen LogP contribution in [0.3, 0.4) is 0 Å². The molecule has 2 aliphatic heterocycles. The van der Waals surface area contributed by atoms with E-state index >= 15 is 0 Å². The van der Waals surface area contributed by atoms with Crippen molar-refractivity contribution in [3.05, 3.63) is 88.1 Å². The van der Waals surface area contributed by atoms with Gasteiger partial charge in [0.2, 0.25) is 0 Å². The van der Waals surface area contributed by atoms with Gasteiger partial charge in [-0.15, -0.1) is 0 Å². The van der Waals surface area contributed by atoms with Gasteiger partial charge in [0.25, 0.3) is 0 Å². The smallest absolute Gasteiger partial charge is 0.339 e. The predicted molar refractivity (Wildman–Crippen MR) is 170 cm³/mol. The number of fused-ring (bicyclic) bond motifs is 1. The number of allylic oxidation sites excluding steroid dienone is 1. The van der Waals surface area contributed by atoms with Gasteiger partial charge in [0.1, 0.15) is 22.9 Å². The van der Waals surface area contributed by atoms with E-state index in [1.807, 2.05) is 42.5 Å². The number of nitrogens with zero attached hydrogens (tertiary/aromatic N) is 3. The monoisotopic (exact) mass is 584 g/mol.